The molecule has 0 aromatic carbocycles. The number of Topliss-reactive ketones (excluding diaryl/α,β-unsaturated/α-hetero) is 1. The van der Waals surface area contributed by atoms with Gasteiger partial charge >= 0.3 is 0 Å². The standard InChI is InChI=1S/C12H20N2O3/c1-12(17)4-7-13(9-12)8-11(16)14-5-2-10(15)3-6-14/h17H,2-9H2,1H3. The summed E-state index contributed by atoms with van der Waals surface area (Å²) >= 11 is 0. The number of carbonyl (C=O) groups excluding carboxylic acids is 2. The van der Waals surface area contributed by atoms with Crippen LogP contribution in [0.3, 0.4) is 0 Å². The lowest BCUT2D eigenvalue weighted by molar-refractivity contribution is -0.135. The molecular weight excluding hydrogens is 220 g/mol. The summed E-state index contributed by atoms with van der Waals surface area (Å²) < 4.78 is 0. The molecule has 0 spiro atoms. The summed E-state index contributed by atoms with van der Waals surface area (Å²) in [6.45, 7) is 4.61. The molecule has 17 heavy (non-hydrogen) atoms. The minimum atomic E-state index is -0.655. The van der Waals surface area contributed by atoms with Crippen LogP contribution in [-0.2, 0) is 9.59 Å². The fourth-order valence-electron chi connectivity index (χ4n) is 2.47. The summed E-state index contributed by atoms with van der Waals surface area (Å²) in [5.74, 6) is 0.327. The zero-order valence-electron chi connectivity index (χ0n) is 10.3. The van der Waals surface area contributed by atoms with E-state index in [-0.39, 0.29) is 11.7 Å². The van der Waals surface area contributed by atoms with Crippen molar-refractivity contribution in [1.29, 1.82) is 0 Å². The maximum atomic E-state index is 12.0. The van der Waals surface area contributed by atoms with Crippen LogP contribution in [0.2, 0.25) is 0 Å². The largest absolute Gasteiger partial charge is 0.389 e. The SMILES string of the molecule is CC1(O)CCN(CC(=O)N2CCC(=O)CC2)C1. The molecule has 2 saturated heterocycles. The highest BCUT2D eigenvalue weighted by molar-refractivity contribution is 5.84. The molecule has 0 saturated carbocycles. The monoisotopic (exact) mass is 240 g/mol. The average Bonchev–Trinajstić information content (AvgIpc) is 2.59. The number of piperidine rings is 1. The van der Waals surface area contributed by atoms with Crippen molar-refractivity contribution in [3.8, 4) is 0 Å². The molecule has 1 N–H and O–H groups in total. The number of nitrogens with zero attached hydrogens (tertiary/aromatic N) is 2. The van der Waals surface area contributed by atoms with E-state index >= 15 is 0 Å². The fourth-order valence-corrected chi connectivity index (χ4v) is 2.47. The average molecular weight is 240 g/mol. The van der Waals surface area contributed by atoms with Gasteiger partial charge in [0.05, 0.1) is 12.1 Å². The first-order valence-electron chi connectivity index (χ1n) is 6.20. The van der Waals surface area contributed by atoms with Gasteiger partial charge in [-0.1, -0.05) is 0 Å². The molecule has 2 aliphatic heterocycles. The van der Waals surface area contributed by atoms with Crippen LogP contribution in [0.1, 0.15) is 26.2 Å². The molecular formula is C12H20N2O3. The van der Waals surface area contributed by atoms with Crippen LogP contribution in [0.4, 0.5) is 0 Å². The number of aliphatic hydroxyl groups is 1. The van der Waals surface area contributed by atoms with E-state index in [9.17, 15) is 14.7 Å². The summed E-state index contributed by atoms with van der Waals surface area (Å²) in [6, 6.07) is 0. The number of hydrogen-bond donors (Lipinski definition) is 1. The highest BCUT2D eigenvalue weighted by Gasteiger charge is 2.33. The number of carbonyl (C=O) groups is 2. The number of rotatable bonds is 2. The Kier molecular flexibility index (Phi) is 3.49. The van der Waals surface area contributed by atoms with Crippen LogP contribution in [0.15, 0.2) is 0 Å². The van der Waals surface area contributed by atoms with Crippen LogP contribution < -0.4 is 0 Å². The molecule has 5 heteroatoms. The van der Waals surface area contributed by atoms with Crippen molar-refractivity contribution in [1.82, 2.24) is 9.80 Å². The first kappa shape index (κ1) is 12.5. The number of ketones is 1. The molecule has 2 rings (SSSR count). The van der Waals surface area contributed by atoms with Gasteiger partial charge in [0.15, 0.2) is 0 Å². The Hall–Kier alpha value is -0.940. The smallest absolute Gasteiger partial charge is 0.236 e. The van der Waals surface area contributed by atoms with E-state index in [1.54, 1.807) is 11.8 Å². The molecule has 0 radical (unpaired) electrons. The number of likely N-dealkylation sites (tertiary alicyclic amines) is 2. The van der Waals surface area contributed by atoms with Crippen LogP contribution in [0, 0.1) is 0 Å². The molecule has 1 unspecified atom stereocenters. The van der Waals surface area contributed by atoms with E-state index < -0.39 is 5.60 Å². The van der Waals surface area contributed by atoms with Gasteiger partial charge in [0.1, 0.15) is 5.78 Å². The first-order valence-corrected chi connectivity index (χ1v) is 6.20. The summed E-state index contributed by atoms with van der Waals surface area (Å²) in [4.78, 5) is 26.8. The summed E-state index contributed by atoms with van der Waals surface area (Å²) in [7, 11) is 0. The maximum absolute atomic E-state index is 12.0. The van der Waals surface area contributed by atoms with Crippen molar-refractivity contribution in [3.63, 3.8) is 0 Å². The zero-order chi connectivity index (χ0) is 12.5. The molecule has 1 amide bonds. The molecule has 2 fully saturated rings. The lowest BCUT2D eigenvalue weighted by Crippen LogP contribution is -2.44. The van der Waals surface area contributed by atoms with Gasteiger partial charge in [-0.15, -0.1) is 0 Å². The predicted molar refractivity (Wildman–Crippen MR) is 62.5 cm³/mol. The van der Waals surface area contributed by atoms with E-state index in [1.807, 2.05) is 4.90 Å². The highest BCUT2D eigenvalue weighted by atomic mass is 16.3. The second-order valence-electron chi connectivity index (χ2n) is 5.38. The van der Waals surface area contributed by atoms with Crippen LogP contribution >= 0.6 is 0 Å². The zero-order valence-corrected chi connectivity index (χ0v) is 10.3. The van der Waals surface area contributed by atoms with E-state index in [2.05, 4.69) is 0 Å². The quantitative estimate of drug-likeness (QED) is 0.715. The Balaban J connectivity index is 1.80. The third kappa shape index (κ3) is 3.26. The van der Waals surface area contributed by atoms with Crippen LogP contribution in [0.5, 0.6) is 0 Å². The first-order chi connectivity index (χ1) is 7.96. The van der Waals surface area contributed by atoms with Gasteiger partial charge in [-0.05, 0) is 13.3 Å². The van der Waals surface area contributed by atoms with Gasteiger partial charge in [0, 0.05) is 39.0 Å². The van der Waals surface area contributed by atoms with E-state index in [1.165, 1.54) is 0 Å². The van der Waals surface area contributed by atoms with Gasteiger partial charge in [-0.25, -0.2) is 0 Å². The fraction of sp³-hybridized carbons (Fsp3) is 0.833. The second kappa shape index (κ2) is 4.74. The number of β-amino-alcohol motifs (C(OH)–C–C–N with tert-alkyl or cyclic N) is 1. The number of hydrogen-bond acceptors (Lipinski definition) is 4. The maximum Gasteiger partial charge on any atom is 0.236 e. The molecule has 0 aromatic rings. The van der Waals surface area contributed by atoms with Crippen molar-refractivity contribution >= 4 is 11.7 Å². The molecule has 2 heterocycles. The highest BCUT2D eigenvalue weighted by Crippen LogP contribution is 2.20. The molecule has 0 aromatic heterocycles. The van der Waals surface area contributed by atoms with Gasteiger partial charge in [-0.2, -0.15) is 0 Å². The van der Waals surface area contributed by atoms with Gasteiger partial charge < -0.3 is 10.0 Å². The summed E-state index contributed by atoms with van der Waals surface area (Å²) in [5, 5.41) is 9.81. The van der Waals surface area contributed by atoms with Crippen LogP contribution in [-0.4, -0.2) is 64.9 Å². The molecule has 1 atom stereocenters. The lowest BCUT2D eigenvalue weighted by Gasteiger charge is -2.28. The Morgan fingerprint density at radius 2 is 2.00 bits per heavy atom. The van der Waals surface area contributed by atoms with Crippen molar-refractivity contribution in [2.24, 2.45) is 0 Å². The lowest BCUT2D eigenvalue weighted by atomic mass is 10.1. The van der Waals surface area contributed by atoms with Crippen molar-refractivity contribution < 1.29 is 14.7 Å². The predicted octanol–water partition coefficient (Wildman–Crippen LogP) is -0.365. The minimum Gasteiger partial charge on any atom is -0.389 e. The van der Waals surface area contributed by atoms with Gasteiger partial charge in [0.25, 0.3) is 0 Å². The van der Waals surface area contributed by atoms with Gasteiger partial charge in [0.2, 0.25) is 5.91 Å². The minimum absolute atomic E-state index is 0.0789. The van der Waals surface area contributed by atoms with Gasteiger partial charge in [-0.3, -0.25) is 14.5 Å². The van der Waals surface area contributed by atoms with Crippen molar-refractivity contribution in [2.75, 3.05) is 32.7 Å². The molecule has 0 aliphatic carbocycles. The summed E-state index contributed by atoms with van der Waals surface area (Å²) in [6.07, 6.45) is 1.70. The van der Waals surface area contributed by atoms with E-state index in [0.717, 1.165) is 13.0 Å². The molecule has 2 aliphatic rings. The third-order valence-electron chi connectivity index (χ3n) is 3.56. The topological polar surface area (TPSA) is 60.9 Å². The second-order valence-corrected chi connectivity index (χ2v) is 5.38. The summed E-state index contributed by atoms with van der Waals surface area (Å²) in [5.41, 5.74) is -0.655. The van der Waals surface area contributed by atoms with Crippen molar-refractivity contribution in [2.45, 2.75) is 31.8 Å². The molecule has 0 bridgehead atoms. The molecule has 5 nitrogen and oxygen atoms in total. The Bertz CT molecular complexity index is 318. The van der Waals surface area contributed by atoms with E-state index in [4.69, 9.17) is 0 Å². The van der Waals surface area contributed by atoms with Crippen LogP contribution in [0.25, 0.3) is 0 Å². The number of amides is 1. The third-order valence-corrected chi connectivity index (χ3v) is 3.56. The Morgan fingerprint density at radius 1 is 1.35 bits per heavy atom. The Morgan fingerprint density at radius 3 is 2.53 bits per heavy atom. The molecule has 96 valence electrons. The van der Waals surface area contributed by atoms with E-state index in [0.29, 0.717) is 39.0 Å². The Labute approximate surface area is 101 Å². The van der Waals surface area contributed by atoms with Crippen molar-refractivity contribution in [3.05, 3.63) is 0 Å². The normalized spacial score (nSPS) is 30.9.